The molecule has 0 aliphatic carbocycles. The molecule has 1 aliphatic heterocycles. The lowest BCUT2D eigenvalue weighted by molar-refractivity contribution is 0.0681. The number of rotatable bonds is 5. The van der Waals surface area contributed by atoms with Gasteiger partial charge in [-0.1, -0.05) is 12.1 Å². The Hall–Kier alpha value is -2.41. The van der Waals surface area contributed by atoms with E-state index in [1.54, 1.807) is 24.1 Å². The zero-order valence-corrected chi connectivity index (χ0v) is 15.2. The first-order valence-corrected chi connectivity index (χ1v) is 10.1. The Morgan fingerprint density at radius 3 is 2.35 bits per heavy atom. The molecule has 0 saturated carbocycles. The van der Waals surface area contributed by atoms with Crippen molar-refractivity contribution in [2.45, 2.75) is 19.0 Å². The number of methoxy groups -OCH3 is 1. The predicted molar refractivity (Wildman–Crippen MR) is 96.3 cm³/mol. The van der Waals surface area contributed by atoms with Gasteiger partial charge < -0.3 is 9.64 Å². The molecule has 0 aromatic heterocycles. The monoisotopic (exact) mass is 377 g/mol. The van der Waals surface area contributed by atoms with E-state index < -0.39 is 15.7 Å². The van der Waals surface area contributed by atoms with E-state index in [-0.39, 0.29) is 30.0 Å². The largest absolute Gasteiger partial charge is 0.497 e. The SMILES string of the molecule is COc1ccc(CN(C(=O)c2ccc(F)cc2)[C@@H]2CCS(=O)(=O)C2)cc1. The number of hydrogen-bond donors (Lipinski definition) is 0. The smallest absolute Gasteiger partial charge is 0.254 e. The highest BCUT2D eigenvalue weighted by Gasteiger charge is 2.35. The van der Waals surface area contributed by atoms with Crippen molar-refractivity contribution in [2.75, 3.05) is 18.6 Å². The minimum absolute atomic E-state index is 0.0455. The van der Waals surface area contributed by atoms with E-state index in [0.717, 1.165) is 5.56 Å². The van der Waals surface area contributed by atoms with Gasteiger partial charge in [-0.2, -0.15) is 0 Å². The van der Waals surface area contributed by atoms with Crippen molar-refractivity contribution < 1.29 is 22.3 Å². The lowest BCUT2D eigenvalue weighted by Crippen LogP contribution is -2.40. The van der Waals surface area contributed by atoms with Crippen LogP contribution in [0.25, 0.3) is 0 Å². The number of sulfone groups is 1. The number of halogens is 1. The Bertz CT molecular complexity index is 879. The van der Waals surface area contributed by atoms with Gasteiger partial charge in [-0.15, -0.1) is 0 Å². The van der Waals surface area contributed by atoms with Gasteiger partial charge in [-0.05, 0) is 48.4 Å². The van der Waals surface area contributed by atoms with Gasteiger partial charge in [0.1, 0.15) is 11.6 Å². The standard InChI is InChI=1S/C19H20FNO4S/c1-25-18-8-2-14(3-9-18)12-21(17-10-11-26(23,24)13-17)19(22)15-4-6-16(20)7-5-15/h2-9,17H,10-13H2,1H3/t17-/m1/s1. The van der Waals surface area contributed by atoms with Crippen molar-refractivity contribution >= 4 is 15.7 Å². The average molecular weight is 377 g/mol. The van der Waals surface area contributed by atoms with Crippen molar-refractivity contribution in [3.8, 4) is 5.75 Å². The predicted octanol–water partition coefficient (Wildman–Crippen LogP) is 2.66. The third-order valence-electron chi connectivity index (χ3n) is 4.51. The third kappa shape index (κ3) is 4.22. The third-order valence-corrected chi connectivity index (χ3v) is 6.26. The zero-order chi connectivity index (χ0) is 18.7. The minimum Gasteiger partial charge on any atom is -0.497 e. The average Bonchev–Trinajstić information content (AvgIpc) is 3.00. The number of benzene rings is 2. The second-order valence-corrected chi connectivity index (χ2v) is 8.57. The maximum atomic E-state index is 13.2. The van der Waals surface area contributed by atoms with Gasteiger partial charge in [-0.25, -0.2) is 12.8 Å². The Morgan fingerprint density at radius 2 is 1.81 bits per heavy atom. The van der Waals surface area contributed by atoms with Crippen LogP contribution in [0.3, 0.4) is 0 Å². The molecule has 0 unspecified atom stereocenters. The molecule has 1 saturated heterocycles. The molecule has 0 N–H and O–H groups in total. The van der Waals surface area contributed by atoms with Gasteiger partial charge in [0.2, 0.25) is 0 Å². The van der Waals surface area contributed by atoms with Gasteiger partial charge >= 0.3 is 0 Å². The van der Waals surface area contributed by atoms with Crippen molar-refractivity contribution in [3.63, 3.8) is 0 Å². The molecule has 0 radical (unpaired) electrons. The van der Waals surface area contributed by atoms with Crippen molar-refractivity contribution in [1.82, 2.24) is 4.90 Å². The molecule has 1 heterocycles. The summed E-state index contributed by atoms with van der Waals surface area (Å²) in [6, 6.07) is 12.2. The molecule has 1 atom stereocenters. The van der Waals surface area contributed by atoms with Crippen LogP contribution in [0.1, 0.15) is 22.3 Å². The summed E-state index contributed by atoms with van der Waals surface area (Å²) in [6.07, 6.45) is 0.408. The Kier molecular flexibility index (Phi) is 5.27. The Morgan fingerprint density at radius 1 is 1.15 bits per heavy atom. The number of amides is 1. The molecule has 5 nitrogen and oxygen atoms in total. The Labute approximate surface area is 152 Å². The van der Waals surface area contributed by atoms with Crippen molar-refractivity contribution in [1.29, 1.82) is 0 Å². The summed E-state index contributed by atoms with van der Waals surface area (Å²) in [5.41, 5.74) is 1.20. The van der Waals surface area contributed by atoms with Crippen molar-refractivity contribution in [3.05, 3.63) is 65.5 Å². The molecule has 138 valence electrons. The summed E-state index contributed by atoms with van der Waals surface area (Å²) in [6.45, 7) is 0.278. The zero-order valence-electron chi connectivity index (χ0n) is 14.4. The van der Waals surface area contributed by atoms with Crippen LogP contribution in [-0.4, -0.2) is 43.9 Å². The highest BCUT2D eigenvalue weighted by Crippen LogP contribution is 2.23. The molecule has 3 rings (SSSR count). The fourth-order valence-corrected chi connectivity index (χ4v) is 4.80. The molecular formula is C19H20FNO4S. The first-order chi connectivity index (χ1) is 12.4. The maximum Gasteiger partial charge on any atom is 0.254 e. The lowest BCUT2D eigenvalue weighted by atomic mass is 10.1. The molecule has 0 spiro atoms. The summed E-state index contributed by atoms with van der Waals surface area (Å²) in [5.74, 6) is 0.00652. The van der Waals surface area contributed by atoms with Crippen LogP contribution in [0, 0.1) is 5.82 Å². The molecule has 26 heavy (non-hydrogen) atoms. The van der Waals surface area contributed by atoms with Crippen LogP contribution >= 0.6 is 0 Å². The summed E-state index contributed by atoms with van der Waals surface area (Å²) < 4.78 is 42.1. The molecule has 1 fully saturated rings. The number of nitrogens with zero attached hydrogens (tertiary/aromatic N) is 1. The van der Waals surface area contributed by atoms with Crippen LogP contribution in [0.2, 0.25) is 0 Å². The van der Waals surface area contributed by atoms with Gasteiger partial charge in [0.15, 0.2) is 9.84 Å². The van der Waals surface area contributed by atoms with Crippen molar-refractivity contribution in [2.24, 2.45) is 0 Å². The second-order valence-electron chi connectivity index (χ2n) is 6.34. The van der Waals surface area contributed by atoms with Crippen LogP contribution in [0.4, 0.5) is 4.39 Å². The number of carbonyl (C=O) groups excluding carboxylic acids is 1. The number of carbonyl (C=O) groups is 1. The summed E-state index contributed by atoms with van der Waals surface area (Å²) in [4.78, 5) is 14.5. The normalized spacial score (nSPS) is 18.5. The van der Waals surface area contributed by atoms with E-state index in [1.807, 2.05) is 12.1 Å². The van der Waals surface area contributed by atoms with Gasteiger partial charge in [0, 0.05) is 18.2 Å². The lowest BCUT2D eigenvalue weighted by Gasteiger charge is -2.28. The number of hydrogen-bond acceptors (Lipinski definition) is 4. The summed E-state index contributed by atoms with van der Waals surface area (Å²) in [5, 5.41) is 0. The quantitative estimate of drug-likeness (QED) is 0.804. The minimum atomic E-state index is -3.14. The summed E-state index contributed by atoms with van der Waals surface area (Å²) in [7, 11) is -1.57. The molecule has 0 bridgehead atoms. The van der Waals surface area contributed by atoms with Crippen LogP contribution in [0.15, 0.2) is 48.5 Å². The first kappa shape index (κ1) is 18.4. The summed E-state index contributed by atoms with van der Waals surface area (Å²) >= 11 is 0. The number of ether oxygens (including phenoxy) is 1. The highest BCUT2D eigenvalue weighted by molar-refractivity contribution is 7.91. The molecule has 1 aliphatic rings. The van der Waals surface area contributed by atoms with E-state index in [4.69, 9.17) is 4.74 Å². The van der Waals surface area contributed by atoms with E-state index in [1.165, 1.54) is 24.3 Å². The van der Waals surface area contributed by atoms with Crippen LogP contribution in [0.5, 0.6) is 5.75 Å². The van der Waals surface area contributed by atoms with Crippen LogP contribution < -0.4 is 4.74 Å². The topological polar surface area (TPSA) is 63.7 Å². The molecular weight excluding hydrogens is 357 g/mol. The van der Waals surface area contributed by atoms with E-state index >= 15 is 0 Å². The fourth-order valence-electron chi connectivity index (χ4n) is 3.07. The fraction of sp³-hybridized carbons (Fsp3) is 0.316. The molecule has 2 aromatic rings. The Balaban J connectivity index is 1.88. The van der Waals surface area contributed by atoms with Gasteiger partial charge in [0.25, 0.3) is 5.91 Å². The van der Waals surface area contributed by atoms with Crippen LogP contribution in [-0.2, 0) is 16.4 Å². The van der Waals surface area contributed by atoms with E-state index in [2.05, 4.69) is 0 Å². The molecule has 1 amide bonds. The van der Waals surface area contributed by atoms with Gasteiger partial charge in [0.05, 0.1) is 18.6 Å². The maximum absolute atomic E-state index is 13.2. The second kappa shape index (κ2) is 7.45. The highest BCUT2D eigenvalue weighted by atomic mass is 32.2. The molecule has 2 aromatic carbocycles. The molecule has 7 heteroatoms. The first-order valence-electron chi connectivity index (χ1n) is 8.28. The van der Waals surface area contributed by atoms with Gasteiger partial charge in [-0.3, -0.25) is 4.79 Å². The van der Waals surface area contributed by atoms with E-state index in [0.29, 0.717) is 17.7 Å². The van der Waals surface area contributed by atoms with E-state index in [9.17, 15) is 17.6 Å².